The van der Waals surface area contributed by atoms with Crippen LogP contribution < -0.4 is 5.32 Å². The van der Waals surface area contributed by atoms with Crippen LogP contribution in [0.5, 0.6) is 0 Å². The van der Waals surface area contributed by atoms with Crippen LogP contribution in [0.1, 0.15) is 20.7 Å². The Morgan fingerprint density at radius 2 is 1.44 bits per heavy atom. The lowest BCUT2D eigenvalue weighted by molar-refractivity contribution is 0.101. The van der Waals surface area contributed by atoms with Crippen molar-refractivity contribution in [3.63, 3.8) is 0 Å². The number of allylic oxidation sites excluding steroid dienone is 2. The maximum absolute atomic E-state index is 12.8. The molecule has 0 amide bonds. The molecule has 0 fully saturated rings. The summed E-state index contributed by atoms with van der Waals surface area (Å²) in [6.07, 6.45) is 4.57. The van der Waals surface area contributed by atoms with Crippen molar-refractivity contribution >= 4 is 17.3 Å². The fraction of sp³-hybridized carbons (Fsp3) is 0. The molecular weight excluding hydrogens is 312 g/mol. The number of ketones is 2. The van der Waals surface area contributed by atoms with E-state index in [9.17, 15) is 9.59 Å². The van der Waals surface area contributed by atoms with E-state index < -0.39 is 0 Å². The van der Waals surface area contributed by atoms with Gasteiger partial charge in [-0.3, -0.25) is 14.6 Å². The van der Waals surface area contributed by atoms with Crippen molar-refractivity contribution in [2.75, 3.05) is 5.32 Å². The first-order valence-electron chi connectivity index (χ1n) is 7.82. The quantitative estimate of drug-likeness (QED) is 0.546. The predicted octanol–water partition coefficient (Wildman–Crippen LogP) is 4.14. The Hall–Kier alpha value is -3.53. The van der Waals surface area contributed by atoms with E-state index in [2.05, 4.69) is 10.3 Å². The summed E-state index contributed by atoms with van der Waals surface area (Å²) in [6.45, 7) is 0. The third kappa shape index (κ3) is 4.26. The minimum atomic E-state index is -0.256. The summed E-state index contributed by atoms with van der Waals surface area (Å²) in [5.74, 6) is -0.495. The summed E-state index contributed by atoms with van der Waals surface area (Å²) < 4.78 is 0. The van der Waals surface area contributed by atoms with Crippen LogP contribution in [0.2, 0.25) is 0 Å². The smallest absolute Gasteiger partial charge is 0.209 e. The molecule has 0 unspecified atom stereocenters. The molecule has 2 aromatic carbocycles. The van der Waals surface area contributed by atoms with Crippen molar-refractivity contribution in [2.45, 2.75) is 0 Å². The summed E-state index contributed by atoms with van der Waals surface area (Å²) in [4.78, 5) is 29.3. The Labute approximate surface area is 145 Å². The molecule has 0 radical (unpaired) electrons. The zero-order chi connectivity index (χ0) is 17.5. The standard InChI is InChI=1S/C21H16N2O2/c24-20(16-8-3-1-4-9-16)14-19(23-18-12-7-13-22-15-18)21(25)17-10-5-2-6-11-17/h1-15,23H/b19-14-. The summed E-state index contributed by atoms with van der Waals surface area (Å²) in [6, 6.07) is 21.2. The number of hydrogen-bond acceptors (Lipinski definition) is 4. The maximum atomic E-state index is 12.8. The van der Waals surface area contributed by atoms with Gasteiger partial charge in [-0.25, -0.2) is 0 Å². The number of carbonyl (C=O) groups excluding carboxylic acids is 2. The van der Waals surface area contributed by atoms with Crippen LogP contribution in [0.4, 0.5) is 5.69 Å². The molecule has 1 heterocycles. The number of benzene rings is 2. The summed E-state index contributed by atoms with van der Waals surface area (Å²) in [5, 5.41) is 3.01. The third-order valence-electron chi connectivity index (χ3n) is 3.55. The van der Waals surface area contributed by atoms with Gasteiger partial charge in [0.1, 0.15) is 0 Å². The van der Waals surface area contributed by atoms with Crippen LogP contribution in [-0.4, -0.2) is 16.6 Å². The van der Waals surface area contributed by atoms with E-state index in [0.717, 1.165) is 0 Å². The minimum absolute atomic E-state index is 0.202. The zero-order valence-electron chi connectivity index (χ0n) is 13.4. The van der Waals surface area contributed by atoms with Crippen molar-refractivity contribution < 1.29 is 9.59 Å². The van der Waals surface area contributed by atoms with Crippen LogP contribution in [0.15, 0.2) is 97.0 Å². The number of Topliss-reactive ketones (excluding diaryl/α,β-unsaturated/α-hetero) is 1. The van der Waals surface area contributed by atoms with Gasteiger partial charge in [-0.2, -0.15) is 0 Å². The largest absolute Gasteiger partial charge is 0.351 e. The Kier molecular flexibility index (Phi) is 5.12. The Morgan fingerprint density at radius 1 is 0.800 bits per heavy atom. The summed E-state index contributed by atoms with van der Waals surface area (Å²) >= 11 is 0. The average molecular weight is 328 g/mol. The van der Waals surface area contributed by atoms with Crippen LogP contribution in [0, 0.1) is 0 Å². The number of rotatable bonds is 6. The predicted molar refractivity (Wildman–Crippen MR) is 97.5 cm³/mol. The second-order valence-corrected chi connectivity index (χ2v) is 5.35. The molecule has 3 rings (SSSR count). The highest BCUT2D eigenvalue weighted by Crippen LogP contribution is 2.14. The summed E-state index contributed by atoms with van der Waals surface area (Å²) in [7, 11) is 0. The fourth-order valence-electron chi connectivity index (χ4n) is 2.31. The van der Waals surface area contributed by atoms with Crippen LogP contribution in [-0.2, 0) is 0 Å². The Balaban J connectivity index is 1.95. The molecule has 0 spiro atoms. The first-order valence-corrected chi connectivity index (χ1v) is 7.82. The lowest BCUT2D eigenvalue weighted by atomic mass is 10.0. The SMILES string of the molecule is O=C(/C=C(\Nc1cccnc1)C(=O)c1ccccc1)c1ccccc1. The monoisotopic (exact) mass is 328 g/mol. The molecule has 4 heteroatoms. The van der Waals surface area contributed by atoms with Crippen molar-refractivity contribution in [3.05, 3.63) is 108 Å². The van der Waals surface area contributed by atoms with E-state index >= 15 is 0 Å². The van der Waals surface area contributed by atoms with Crippen molar-refractivity contribution in [3.8, 4) is 0 Å². The molecule has 122 valence electrons. The third-order valence-corrected chi connectivity index (χ3v) is 3.55. The van der Waals surface area contributed by atoms with E-state index in [4.69, 9.17) is 0 Å². The zero-order valence-corrected chi connectivity index (χ0v) is 13.4. The van der Waals surface area contributed by atoms with Gasteiger partial charge in [0, 0.05) is 23.4 Å². The van der Waals surface area contributed by atoms with Gasteiger partial charge in [-0.15, -0.1) is 0 Å². The molecule has 0 aliphatic carbocycles. The Bertz CT molecular complexity index is 889. The number of aromatic nitrogens is 1. The molecule has 0 atom stereocenters. The molecule has 1 N–H and O–H groups in total. The lowest BCUT2D eigenvalue weighted by Crippen LogP contribution is -2.14. The molecule has 3 aromatic rings. The molecular formula is C21H16N2O2. The minimum Gasteiger partial charge on any atom is -0.351 e. The van der Waals surface area contributed by atoms with Gasteiger partial charge in [-0.05, 0) is 12.1 Å². The number of hydrogen-bond donors (Lipinski definition) is 1. The normalized spacial score (nSPS) is 11.0. The lowest BCUT2D eigenvalue weighted by Gasteiger charge is -2.10. The van der Waals surface area contributed by atoms with Gasteiger partial charge in [0.05, 0.1) is 17.6 Å². The van der Waals surface area contributed by atoms with E-state index in [-0.39, 0.29) is 17.3 Å². The van der Waals surface area contributed by atoms with E-state index in [1.54, 1.807) is 73.1 Å². The molecule has 0 bridgehead atoms. The second kappa shape index (κ2) is 7.84. The first-order chi connectivity index (χ1) is 12.2. The topological polar surface area (TPSA) is 59.1 Å². The molecule has 4 nitrogen and oxygen atoms in total. The molecule has 0 saturated carbocycles. The number of nitrogens with one attached hydrogen (secondary N) is 1. The van der Waals surface area contributed by atoms with Crippen molar-refractivity contribution in [1.82, 2.24) is 4.98 Å². The van der Waals surface area contributed by atoms with Crippen molar-refractivity contribution in [1.29, 1.82) is 0 Å². The Morgan fingerprint density at radius 3 is 2.04 bits per heavy atom. The molecule has 0 aliphatic rings. The number of anilines is 1. The van der Waals surface area contributed by atoms with Gasteiger partial charge in [-0.1, -0.05) is 60.7 Å². The molecule has 0 saturated heterocycles. The van der Waals surface area contributed by atoms with E-state index in [1.807, 2.05) is 12.1 Å². The van der Waals surface area contributed by atoms with Gasteiger partial charge >= 0.3 is 0 Å². The van der Waals surface area contributed by atoms with Crippen molar-refractivity contribution in [2.24, 2.45) is 0 Å². The van der Waals surface area contributed by atoms with Gasteiger partial charge in [0.25, 0.3) is 0 Å². The van der Waals surface area contributed by atoms with Crippen LogP contribution >= 0.6 is 0 Å². The number of pyridine rings is 1. The van der Waals surface area contributed by atoms with Gasteiger partial charge in [0.2, 0.25) is 5.78 Å². The summed E-state index contributed by atoms with van der Waals surface area (Å²) in [5.41, 5.74) is 1.87. The highest BCUT2D eigenvalue weighted by Gasteiger charge is 2.15. The number of nitrogens with zero attached hydrogens (tertiary/aromatic N) is 1. The first kappa shape index (κ1) is 16.3. The number of carbonyl (C=O) groups is 2. The van der Waals surface area contributed by atoms with E-state index in [0.29, 0.717) is 16.8 Å². The molecule has 0 aliphatic heterocycles. The van der Waals surface area contributed by atoms with Gasteiger partial charge < -0.3 is 5.32 Å². The van der Waals surface area contributed by atoms with Gasteiger partial charge in [0.15, 0.2) is 5.78 Å². The maximum Gasteiger partial charge on any atom is 0.209 e. The highest BCUT2D eigenvalue weighted by atomic mass is 16.1. The molecule has 1 aromatic heterocycles. The average Bonchev–Trinajstić information content (AvgIpc) is 2.69. The van der Waals surface area contributed by atoms with Crippen LogP contribution in [0.25, 0.3) is 0 Å². The second-order valence-electron chi connectivity index (χ2n) is 5.35. The van der Waals surface area contributed by atoms with E-state index in [1.165, 1.54) is 6.08 Å². The highest BCUT2D eigenvalue weighted by molar-refractivity contribution is 6.16. The van der Waals surface area contributed by atoms with Crippen LogP contribution in [0.3, 0.4) is 0 Å². The fourth-order valence-corrected chi connectivity index (χ4v) is 2.31. The molecule has 25 heavy (non-hydrogen) atoms.